The molecule has 0 heterocycles. The van der Waals surface area contributed by atoms with Crippen LogP contribution in [0.3, 0.4) is 0 Å². The predicted molar refractivity (Wildman–Crippen MR) is 37.4 cm³/mol. The third kappa shape index (κ3) is 2.50. The van der Waals surface area contributed by atoms with Gasteiger partial charge in [0.1, 0.15) is 24.6 Å². The van der Waals surface area contributed by atoms with Gasteiger partial charge in [-0.1, -0.05) is 0 Å². The lowest BCUT2D eigenvalue weighted by Gasteiger charge is -2.17. The summed E-state index contributed by atoms with van der Waals surface area (Å²) >= 11 is 0. The first-order valence-corrected chi connectivity index (χ1v) is 3.07. The molecule has 0 aromatic carbocycles. The largest absolute Gasteiger partial charge is 0.512 e. The minimum absolute atomic E-state index is 0.00145. The highest BCUT2D eigenvalue weighted by molar-refractivity contribution is 5.56. The maximum absolute atomic E-state index is 9.88. The zero-order chi connectivity index (χ0) is 9.72. The first-order chi connectivity index (χ1) is 5.54. The van der Waals surface area contributed by atoms with Gasteiger partial charge >= 0.3 is 0 Å². The fourth-order valence-corrected chi connectivity index (χ4v) is 0.519. The third-order valence-electron chi connectivity index (χ3n) is 1.25. The van der Waals surface area contributed by atoms with Crippen LogP contribution in [0.4, 0.5) is 0 Å². The molecule has 0 aromatic rings. The van der Waals surface area contributed by atoms with Crippen molar-refractivity contribution in [3.8, 4) is 0 Å². The van der Waals surface area contributed by atoms with Gasteiger partial charge in [-0.25, -0.2) is 0 Å². The van der Waals surface area contributed by atoms with Crippen LogP contribution in [0, 0.1) is 0 Å². The van der Waals surface area contributed by atoms with Crippen LogP contribution in [0.2, 0.25) is 0 Å². The monoisotopic (exact) mass is 178 g/mol. The highest BCUT2D eigenvalue weighted by Gasteiger charge is 2.27. The van der Waals surface area contributed by atoms with Gasteiger partial charge in [-0.3, -0.25) is 0 Å². The van der Waals surface area contributed by atoms with Crippen molar-refractivity contribution < 1.29 is 30.3 Å². The molecule has 0 rings (SSSR count). The minimum atomic E-state index is -1.88. The molecule has 0 aliphatic carbocycles. The summed E-state index contributed by atoms with van der Waals surface area (Å²) < 4.78 is 0. The molecular weight excluding hydrogens is 168 g/mol. The number of hydrogen-bond acceptors (Lipinski definition) is 6. The molecule has 12 heavy (non-hydrogen) atoms. The van der Waals surface area contributed by atoms with Crippen molar-refractivity contribution in [1.82, 2.24) is 0 Å². The average Bonchev–Trinajstić information content (AvgIpc) is 2.12. The van der Waals surface area contributed by atoms with Crippen molar-refractivity contribution in [1.29, 1.82) is 0 Å². The standard InChI is InChI=1S/C6H10O6/c7-1-3(9)5(11)6(12)4(10)2-8/h1-3,5-6,8-12H/b4-2+/t3-,5-,6-/m1/s1. The molecule has 6 heteroatoms. The van der Waals surface area contributed by atoms with E-state index in [1.165, 1.54) is 0 Å². The number of aliphatic hydroxyl groups excluding tert-OH is 5. The van der Waals surface area contributed by atoms with Crippen LogP contribution in [-0.2, 0) is 4.79 Å². The second-order valence-corrected chi connectivity index (χ2v) is 2.12. The van der Waals surface area contributed by atoms with E-state index in [0.717, 1.165) is 0 Å². The summed E-state index contributed by atoms with van der Waals surface area (Å²) in [7, 11) is 0. The van der Waals surface area contributed by atoms with E-state index >= 15 is 0 Å². The molecule has 0 saturated heterocycles. The van der Waals surface area contributed by atoms with Crippen LogP contribution in [0.15, 0.2) is 12.0 Å². The summed E-state index contributed by atoms with van der Waals surface area (Å²) in [4.78, 5) is 9.88. The van der Waals surface area contributed by atoms with Gasteiger partial charge in [-0.05, 0) is 0 Å². The zero-order valence-corrected chi connectivity index (χ0v) is 6.03. The van der Waals surface area contributed by atoms with Gasteiger partial charge < -0.3 is 30.3 Å². The lowest BCUT2D eigenvalue weighted by molar-refractivity contribution is -0.125. The van der Waals surface area contributed by atoms with Crippen molar-refractivity contribution in [3.63, 3.8) is 0 Å². The van der Waals surface area contributed by atoms with Crippen LogP contribution in [-0.4, -0.2) is 50.1 Å². The highest BCUT2D eigenvalue weighted by atomic mass is 16.4. The van der Waals surface area contributed by atoms with E-state index in [1.54, 1.807) is 0 Å². The lowest BCUT2D eigenvalue weighted by Crippen LogP contribution is -2.39. The summed E-state index contributed by atoms with van der Waals surface area (Å²) in [6, 6.07) is 0. The molecule has 0 aliphatic heterocycles. The van der Waals surface area contributed by atoms with E-state index in [2.05, 4.69) is 0 Å². The lowest BCUT2D eigenvalue weighted by atomic mass is 10.1. The highest BCUT2D eigenvalue weighted by Crippen LogP contribution is 2.05. The van der Waals surface area contributed by atoms with Crippen LogP contribution < -0.4 is 0 Å². The predicted octanol–water partition coefficient (Wildman–Crippen LogP) is -1.77. The summed E-state index contributed by atoms with van der Waals surface area (Å²) in [6.07, 6.45) is -5.38. The summed E-state index contributed by atoms with van der Waals surface area (Å²) in [5.74, 6) is -0.927. The molecule has 0 aliphatic rings. The SMILES string of the molecule is O=C[C@@H](O)[C@@H](O)[C@H](O)/C(O)=C\O. The van der Waals surface area contributed by atoms with Crippen molar-refractivity contribution in [2.24, 2.45) is 0 Å². The first kappa shape index (κ1) is 10.9. The van der Waals surface area contributed by atoms with E-state index in [9.17, 15) is 4.79 Å². The number of carbonyl (C=O) groups excluding carboxylic acids is 1. The quantitative estimate of drug-likeness (QED) is 0.257. The van der Waals surface area contributed by atoms with E-state index in [4.69, 9.17) is 25.5 Å². The summed E-state index contributed by atoms with van der Waals surface area (Å²) in [5, 5.41) is 43.1. The van der Waals surface area contributed by atoms with Crippen LogP contribution >= 0.6 is 0 Å². The molecule has 6 nitrogen and oxygen atoms in total. The zero-order valence-electron chi connectivity index (χ0n) is 6.03. The molecule has 0 bridgehead atoms. The number of aldehydes is 1. The van der Waals surface area contributed by atoms with Gasteiger partial charge in [0, 0.05) is 0 Å². The maximum Gasteiger partial charge on any atom is 0.158 e. The molecule has 0 radical (unpaired) electrons. The van der Waals surface area contributed by atoms with Crippen LogP contribution in [0.1, 0.15) is 0 Å². The fraction of sp³-hybridized carbons (Fsp3) is 0.500. The van der Waals surface area contributed by atoms with Crippen molar-refractivity contribution in [2.45, 2.75) is 18.3 Å². The Morgan fingerprint density at radius 2 is 1.75 bits per heavy atom. The second-order valence-electron chi connectivity index (χ2n) is 2.12. The van der Waals surface area contributed by atoms with Crippen molar-refractivity contribution in [3.05, 3.63) is 12.0 Å². The summed E-state index contributed by atoms with van der Waals surface area (Å²) in [5.41, 5.74) is 0. The smallest absolute Gasteiger partial charge is 0.158 e. The number of hydrogen-bond donors (Lipinski definition) is 5. The Kier molecular flexibility index (Phi) is 4.27. The Hall–Kier alpha value is -1.11. The fourth-order valence-electron chi connectivity index (χ4n) is 0.519. The first-order valence-electron chi connectivity index (χ1n) is 3.07. The molecule has 0 aromatic heterocycles. The van der Waals surface area contributed by atoms with Crippen LogP contribution in [0.25, 0.3) is 0 Å². The second kappa shape index (κ2) is 4.70. The maximum atomic E-state index is 9.88. The van der Waals surface area contributed by atoms with E-state index in [-0.39, 0.29) is 12.5 Å². The molecule has 70 valence electrons. The Morgan fingerprint density at radius 1 is 1.25 bits per heavy atom. The Balaban J connectivity index is 4.27. The van der Waals surface area contributed by atoms with Crippen molar-refractivity contribution in [2.75, 3.05) is 0 Å². The van der Waals surface area contributed by atoms with Crippen LogP contribution in [0.5, 0.6) is 0 Å². The summed E-state index contributed by atoms with van der Waals surface area (Å²) in [6.45, 7) is 0. The van der Waals surface area contributed by atoms with E-state index in [0.29, 0.717) is 0 Å². The Labute approximate surface area is 68.0 Å². The molecule has 0 spiro atoms. The normalized spacial score (nSPS) is 19.8. The molecule has 5 N–H and O–H groups in total. The number of rotatable bonds is 4. The van der Waals surface area contributed by atoms with Gasteiger partial charge in [0.15, 0.2) is 12.0 Å². The number of carbonyl (C=O) groups is 1. The van der Waals surface area contributed by atoms with E-state index < -0.39 is 24.1 Å². The molecule has 0 amide bonds. The van der Waals surface area contributed by atoms with Gasteiger partial charge in [0.2, 0.25) is 0 Å². The van der Waals surface area contributed by atoms with E-state index in [1.807, 2.05) is 0 Å². The molecule has 0 unspecified atom stereocenters. The number of aliphatic hydroxyl groups is 5. The Bertz CT molecular complexity index is 177. The Morgan fingerprint density at radius 3 is 2.08 bits per heavy atom. The van der Waals surface area contributed by atoms with Gasteiger partial charge in [0.25, 0.3) is 0 Å². The molecular formula is C6H10O6. The van der Waals surface area contributed by atoms with Gasteiger partial charge in [0.05, 0.1) is 0 Å². The average molecular weight is 178 g/mol. The molecule has 3 atom stereocenters. The van der Waals surface area contributed by atoms with Gasteiger partial charge in [-0.15, -0.1) is 0 Å². The molecule has 0 fully saturated rings. The third-order valence-corrected chi connectivity index (χ3v) is 1.25. The van der Waals surface area contributed by atoms with Gasteiger partial charge in [-0.2, -0.15) is 0 Å². The minimum Gasteiger partial charge on any atom is -0.512 e. The van der Waals surface area contributed by atoms with Crippen molar-refractivity contribution >= 4 is 6.29 Å². The molecule has 0 saturated carbocycles. The topological polar surface area (TPSA) is 118 Å².